The zero-order valence-electron chi connectivity index (χ0n) is 17.0. The molecule has 29 heavy (non-hydrogen) atoms. The zero-order valence-corrected chi connectivity index (χ0v) is 17.0. The van der Waals surface area contributed by atoms with Crippen molar-refractivity contribution in [2.75, 3.05) is 12.4 Å². The second-order valence-electron chi connectivity index (χ2n) is 7.71. The Labute approximate surface area is 169 Å². The van der Waals surface area contributed by atoms with E-state index in [-0.39, 0.29) is 24.3 Å². The number of pyridine rings is 1. The van der Waals surface area contributed by atoms with Gasteiger partial charge in [0.15, 0.2) is 0 Å². The molecule has 2 unspecified atom stereocenters. The fourth-order valence-corrected chi connectivity index (χ4v) is 4.21. The number of imide groups is 1. The summed E-state index contributed by atoms with van der Waals surface area (Å²) in [5.41, 5.74) is 5.47. The van der Waals surface area contributed by atoms with Crippen molar-refractivity contribution >= 4 is 23.5 Å². The van der Waals surface area contributed by atoms with Gasteiger partial charge >= 0.3 is 0 Å². The summed E-state index contributed by atoms with van der Waals surface area (Å²) >= 11 is 0. The summed E-state index contributed by atoms with van der Waals surface area (Å²) in [6, 6.07) is 6.86. The normalized spacial score (nSPS) is 21.2. The quantitative estimate of drug-likeness (QED) is 0.784. The molecule has 2 aliphatic heterocycles. The van der Waals surface area contributed by atoms with Gasteiger partial charge in [0.05, 0.1) is 11.7 Å². The third-order valence-corrected chi connectivity index (χ3v) is 5.99. The molecule has 7 heteroatoms. The maximum Gasteiger partial charge on any atom is 0.255 e. The molecule has 3 amide bonds. The Kier molecular flexibility index (Phi) is 4.61. The number of piperidine rings is 1. The molecule has 1 aromatic heterocycles. The Hall–Kier alpha value is -3.22. The number of rotatable bonds is 3. The number of fused-ring (bicyclic) bond motifs is 1. The Bertz CT molecular complexity index is 1050. The largest absolute Gasteiger partial charge is 0.373 e. The highest BCUT2D eigenvalue weighted by Gasteiger charge is 2.43. The molecule has 0 bridgehead atoms. The lowest BCUT2D eigenvalue weighted by Gasteiger charge is -2.32. The summed E-state index contributed by atoms with van der Waals surface area (Å²) < 4.78 is 0. The number of nitrogens with one attached hydrogen (secondary N) is 2. The van der Waals surface area contributed by atoms with E-state index in [1.807, 2.05) is 52.1 Å². The van der Waals surface area contributed by atoms with Gasteiger partial charge in [-0.3, -0.25) is 19.7 Å². The molecule has 150 valence electrons. The molecule has 2 N–H and O–H groups in total. The second kappa shape index (κ2) is 6.99. The van der Waals surface area contributed by atoms with Crippen molar-refractivity contribution in [2.24, 2.45) is 0 Å². The molecule has 4 rings (SSSR count). The van der Waals surface area contributed by atoms with Gasteiger partial charge in [-0.15, -0.1) is 0 Å². The Morgan fingerprint density at radius 2 is 1.93 bits per heavy atom. The van der Waals surface area contributed by atoms with Crippen molar-refractivity contribution in [3.8, 4) is 11.3 Å². The molecule has 2 aromatic rings. The average molecular weight is 392 g/mol. The van der Waals surface area contributed by atoms with Gasteiger partial charge in [-0.05, 0) is 62.1 Å². The number of carbonyl (C=O) groups is 3. The lowest BCUT2D eigenvalue weighted by molar-refractivity contribution is -0.137. The molecular weight excluding hydrogens is 368 g/mol. The predicted molar refractivity (Wildman–Crippen MR) is 109 cm³/mol. The summed E-state index contributed by atoms with van der Waals surface area (Å²) in [5.74, 6) is -0.0252. The Morgan fingerprint density at radius 3 is 2.62 bits per heavy atom. The minimum atomic E-state index is -0.623. The maximum atomic E-state index is 13.0. The molecule has 1 aromatic carbocycles. The van der Waals surface area contributed by atoms with Crippen LogP contribution in [-0.4, -0.2) is 40.7 Å². The van der Waals surface area contributed by atoms with Crippen molar-refractivity contribution < 1.29 is 14.4 Å². The van der Waals surface area contributed by atoms with Crippen LogP contribution in [0.2, 0.25) is 0 Å². The number of amides is 3. The third kappa shape index (κ3) is 3.06. The lowest BCUT2D eigenvalue weighted by atomic mass is 9.98. The van der Waals surface area contributed by atoms with Crippen molar-refractivity contribution in [3.05, 3.63) is 46.5 Å². The Balaban J connectivity index is 1.71. The van der Waals surface area contributed by atoms with E-state index in [4.69, 9.17) is 4.98 Å². The molecule has 0 radical (unpaired) electrons. The summed E-state index contributed by atoms with van der Waals surface area (Å²) in [6.07, 6.45) is 0.597. The summed E-state index contributed by atoms with van der Waals surface area (Å²) in [6.45, 7) is 5.99. The lowest BCUT2D eigenvalue weighted by Crippen LogP contribution is -2.53. The van der Waals surface area contributed by atoms with Crippen molar-refractivity contribution in [2.45, 2.75) is 45.7 Å². The first-order valence-corrected chi connectivity index (χ1v) is 9.78. The van der Waals surface area contributed by atoms with Crippen LogP contribution in [0, 0.1) is 13.8 Å². The van der Waals surface area contributed by atoms with Gasteiger partial charge in [0.2, 0.25) is 11.8 Å². The van der Waals surface area contributed by atoms with Crippen LogP contribution in [0.4, 0.5) is 5.82 Å². The number of aromatic nitrogens is 1. The molecule has 7 nitrogen and oxygen atoms in total. The first kappa shape index (κ1) is 19.1. The minimum Gasteiger partial charge on any atom is -0.373 e. The fourth-order valence-electron chi connectivity index (χ4n) is 4.21. The number of carbonyl (C=O) groups excluding carboxylic acids is 3. The second-order valence-corrected chi connectivity index (χ2v) is 7.71. The van der Waals surface area contributed by atoms with Gasteiger partial charge in [0.25, 0.3) is 5.91 Å². The molecule has 0 saturated carbocycles. The summed E-state index contributed by atoms with van der Waals surface area (Å²) in [5, 5.41) is 5.47. The molecule has 0 spiro atoms. The van der Waals surface area contributed by atoms with E-state index in [0.717, 1.165) is 33.8 Å². The van der Waals surface area contributed by atoms with Gasteiger partial charge in [-0.1, -0.05) is 6.07 Å². The van der Waals surface area contributed by atoms with Crippen LogP contribution < -0.4 is 10.6 Å². The number of benzene rings is 1. The van der Waals surface area contributed by atoms with Crippen LogP contribution in [0.3, 0.4) is 0 Å². The zero-order chi connectivity index (χ0) is 20.9. The molecule has 0 aliphatic carbocycles. The molecule has 1 fully saturated rings. The van der Waals surface area contributed by atoms with E-state index in [1.54, 1.807) is 4.90 Å². The highest BCUT2D eigenvalue weighted by molar-refractivity contribution is 6.06. The van der Waals surface area contributed by atoms with Crippen LogP contribution in [0.1, 0.15) is 52.9 Å². The number of aryl methyl sites for hydroxylation is 1. The van der Waals surface area contributed by atoms with Gasteiger partial charge in [0.1, 0.15) is 11.9 Å². The summed E-state index contributed by atoms with van der Waals surface area (Å²) in [4.78, 5) is 43.1. The van der Waals surface area contributed by atoms with Crippen LogP contribution in [0.15, 0.2) is 24.3 Å². The fraction of sp³-hybridized carbons (Fsp3) is 0.364. The standard InChI is InChI=1S/C22H24N4O3/c1-11-9-17(24-20(23-4)12(11)2)14-5-6-15-16(10-14)13(3)26(22(15)29)18-7-8-19(27)25-21(18)28/h5-6,9-10,13,18H,7-8H2,1-4H3,(H,23,24)(H,25,27,28). The number of hydrogen-bond acceptors (Lipinski definition) is 5. The van der Waals surface area contributed by atoms with Gasteiger partial charge in [-0.25, -0.2) is 4.98 Å². The topological polar surface area (TPSA) is 91.4 Å². The van der Waals surface area contributed by atoms with Crippen LogP contribution in [-0.2, 0) is 9.59 Å². The molecular formula is C22H24N4O3. The SMILES string of the molecule is CNc1nc(-c2ccc3c(c2)C(C)N(C2CCC(=O)NC2=O)C3=O)cc(C)c1C. The van der Waals surface area contributed by atoms with E-state index in [9.17, 15) is 14.4 Å². The first-order valence-electron chi connectivity index (χ1n) is 9.78. The monoisotopic (exact) mass is 392 g/mol. The van der Waals surface area contributed by atoms with Gasteiger partial charge < -0.3 is 10.2 Å². The predicted octanol–water partition coefficient (Wildman–Crippen LogP) is 2.73. The average Bonchev–Trinajstić information content (AvgIpc) is 2.94. The van der Waals surface area contributed by atoms with E-state index in [0.29, 0.717) is 12.0 Å². The van der Waals surface area contributed by atoms with Crippen molar-refractivity contribution in [1.29, 1.82) is 0 Å². The van der Waals surface area contributed by atoms with E-state index < -0.39 is 11.9 Å². The van der Waals surface area contributed by atoms with Gasteiger partial charge in [-0.2, -0.15) is 0 Å². The van der Waals surface area contributed by atoms with Crippen LogP contribution in [0.25, 0.3) is 11.3 Å². The molecule has 3 heterocycles. The number of nitrogens with zero attached hydrogens (tertiary/aromatic N) is 2. The van der Waals surface area contributed by atoms with Gasteiger partial charge in [0, 0.05) is 24.6 Å². The van der Waals surface area contributed by atoms with E-state index in [2.05, 4.69) is 10.6 Å². The smallest absolute Gasteiger partial charge is 0.255 e. The highest BCUT2D eigenvalue weighted by atomic mass is 16.2. The van der Waals surface area contributed by atoms with E-state index >= 15 is 0 Å². The number of anilines is 1. The minimum absolute atomic E-state index is 0.169. The van der Waals surface area contributed by atoms with E-state index in [1.165, 1.54) is 0 Å². The maximum absolute atomic E-state index is 13.0. The number of hydrogen-bond donors (Lipinski definition) is 2. The summed E-state index contributed by atoms with van der Waals surface area (Å²) in [7, 11) is 1.85. The van der Waals surface area contributed by atoms with Crippen LogP contribution >= 0.6 is 0 Å². The molecule has 2 aliphatic rings. The van der Waals surface area contributed by atoms with Crippen molar-refractivity contribution in [3.63, 3.8) is 0 Å². The molecule has 1 saturated heterocycles. The third-order valence-electron chi connectivity index (χ3n) is 5.99. The van der Waals surface area contributed by atoms with Crippen molar-refractivity contribution in [1.82, 2.24) is 15.2 Å². The van der Waals surface area contributed by atoms with Crippen LogP contribution in [0.5, 0.6) is 0 Å². The highest BCUT2D eigenvalue weighted by Crippen LogP contribution is 2.38. The Morgan fingerprint density at radius 1 is 1.17 bits per heavy atom. The molecule has 2 atom stereocenters. The first-order chi connectivity index (χ1) is 13.8.